The number of halogens is 1. The van der Waals surface area contributed by atoms with Gasteiger partial charge in [-0.2, -0.15) is 0 Å². The van der Waals surface area contributed by atoms with Crippen LogP contribution in [0.15, 0.2) is 48.5 Å². The van der Waals surface area contributed by atoms with Crippen LogP contribution in [0.1, 0.15) is 24.1 Å². The molecule has 0 radical (unpaired) electrons. The summed E-state index contributed by atoms with van der Waals surface area (Å²) < 4.78 is 18.4. The van der Waals surface area contributed by atoms with Crippen LogP contribution in [0.2, 0.25) is 0 Å². The zero-order chi connectivity index (χ0) is 14.4. The highest BCUT2D eigenvalue weighted by atomic mass is 19.1. The first-order valence-corrected chi connectivity index (χ1v) is 6.81. The number of hydrogen-bond donors (Lipinski definition) is 1. The molecule has 0 aliphatic heterocycles. The summed E-state index contributed by atoms with van der Waals surface area (Å²) >= 11 is 0. The van der Waals surface area contributed by atoms with Crippen molar-refractivity contribution >= 4 is 0 Å². The molecule has 2 aromatic rings. The van der Waals surface area contributed by atoms with Crippen molar-refractivity contribution in [3.05, 3.63) is 65.5 Å². The van der Waals surface area contributed by atoms with Gasteiger partial charge in [0.2, 0.25) is 0 Å². The Morgan fingerprint density at radius 1 is 1.15 bits per heavy atom. The van der Waals surface area contributed by atoms with Crippen molar-refractivity contribution in [3.8, 4) is 5.75 Å². The second kappa shape index (κ2) is 7.06. The van der Waals surface area contributed by atoms with Crippen LogP contribution in [-0.4, -0.2) is 13.7 Å². The lowest BCUT2D eigenvalue weighted by Gasteiger charge is -2.15. The third-order valence-electron chi connectivity index (χ3n) is 3.38. The van der Waals surface area contributed by atoms with E-state index < -0.39 is 0 Å². The zero-order valence-corrected chi connectivity index (χ0v) is 11.9. The Kier molecular flexibility index (Phi) is 5.13. The van der Waals surface area contributed by atoms with E-state index in [4.69, 9.17) is 4.74 Å². The average Bonchev–Trinajstić information content (AvgIpc) is 2.48. The fourth-order valence-corrected chi connectivity index (χ4v) is 2.14. The predicted octanol–water partition coefficient (Wildman–Crippen LogP) is 3.73. The highest BCUT2D eigenvalue weighted by molar-refractivity contribution is 5.31. The lowest BCUT2D eigenvalue weighted by atomic mass is 10.1. The summed E-state index contributed by atoms with van der Waals surface area (Å²) in [5.41, 5.74) is 2.33. The van der Waals surface area contributed by atoms with Gasteiger partial charge in [-0.3, -0.25) is 0 Å². The quantitative estimate of drug-likeness (QED) is 0.866. The van der Waals surface area contributed by atoms with Gasteiger partial charge in [0.05, 0.1) is 7.11 Å². The molecule has 0 aliphatic rings. The van der Waals surface area contributed by atoms with Crippen LogP contribution in [0.3, 0.4) is 0 Å². The summed E-state index contributed by atoms with van der Waals surface area (Å²) in [4.78, 5) is 0. The first-order chi connectivity index (χ1) is 9.70. The number of nitrogens with one attached hydrogen (secondary N) is 1. The van der Waals surface area contributed by atoms with E-state index in [9.17, 15) is 4.39 Å². The van der Waals surface area contributed by atoms with E-state index in [-0.39, 0.29) is 11.9 Å². The Hall–Kier alpha value is -1.87. The number of methoxy groups -OCH3 is 1. The van der Waals surface area contributed by atoms with Gasteiger partial charge in [-0.15, -0.1) is 0 Å². The first kappa shape index (κ1) is 14.5. The van der Waals surface area contributed by atoms with Crippen LogP contribution < -0.4 is 10.1 Å². The summed E-state index contributed by atoms with van der Waals surface area (Å²) in [6, 6.07) is 15.5. The Bertz CT molecular complexity index is 542. The second-order valence-corrected chi connectivity index (χ2v) is 4.81. The molecule has 1 atom stereocenters. The molecular formula is C17H20FNO. The second-order valence-electron chi connectivity index (χ2n) is 4.81. The first-order valence-electron chi connectivity index (χ1n) is 6.81. The zero-order valence-electron chi connectivity index (χ0n) is 11.9. The third kappa shape index (κ3) is 3.81. The molecule has 0 fully saturated rings. The number of benzene rings is 2. The monoisotopic (exact) mass is 273 g/mol. The predicted molar refractivity (Wildman–Crippen MR) is 79.5 cm³/mol. The average molecular weight is 273 g/mol. The summed E-state index contributed by atoms with van der Waals surface area (Å²) in [6.45, 7) is 2.95. The molecule has 0 bridgehead atoms. The molecule has 0 saturated heterocycles. The van der Waals surface area contributed by atoms with E-state index >= 15 is 0 Å². The summed E-state index contributed by atoms with van der Waals surface area (Å²) in [5, 5.41) is 3.44. The van der Waals surface area contributed by atoms with Crippen molar-refractivity contribution in [2.75, 3.05) is 13.7 Å². The summed E-state index contributed by atoms with van der Waals surface area (Å²) in [6.07, 6.45) is 0.976. The van der Waals surface area contributed by atoms with Crippen LogP contribution in [0.25, 0.3) is 0 Å². The van der Waals surface area contributed by atoms with Crippen LogP contribution >= 0.6 is 0 Å². The van der Waals surface area contributed by atoms with E-state index in [0.717, 1.165) is 18.5 Å². The van der Waals surface area contributed by atoms with E-state index in [0.29, 0.717) is 5.75 Å². The molecule has 0 saturated carbocycles. The topological polar surface area (TPSA) is 21.3 Å². The normalized spacial score (nSPS) is 12.2. The Morgan fingerprint density at radius 2 is 1.90 bits per heavy atom. The van der Waals surface area contributed by atoms with Crippen LogP contribution in [0, 0.1) is 5.82 Å². The smallest absolute Gasteiger partial charge is 0.165 e. The molecule has 1 N–H and O–H groups in total. The molecule has 0 heterocycles. The van der Waals surface area contributed by atoms with E-state index in [1.807, 2.05) is 18.2 Å². The molecule has 0 amide bonds. The summed E-state index contributed by atoms with van der Waals surface area (Å²) in [5.74, 6) is -0.0352. The fourth-order valence-electron chi connectivity index (χ4n) is 2.14. The van der Waals surface area contributed by atoms with Crippen LogP contribution in [0.5, 0.6) is 5.75 Å². The third-order valence-corrected chi connectivity index (χ3v) is 3.38. The highest BCUT2D eigenvalue weighted by Crippen LogP contribution is 2.22. The van der Waals surface area contributed by atoms with Gasteiger partial charge in [-0.25, -0.2) is 4.39 Å². The molecule has 20 heavy (non-hydrogen) atoms. The molecule has 2 aromatic carbocycles. The van der Waals surface area contributed by atoms with Crippen molar-refractivity contribution in [2.24, 2.45) is 0 Å². The number of ether oxygens (including phenoxy) is 1. The SMILES string of the molecule is COc1cc(C(C)NCCc2ccccc2)ccc1F. The minimum absolute atomic E-state index is 0.160. The van der Waals surface area contributed by atoms with Crippen molar-refractivity contribution in [2.45, 2.75) is 19.4 Å². The van der Waals surface area contributed by atoms with Gasteiger partial charge in [0.25, 0.3) is 0 Å². The molecule has 1 unspecified atom stereocenters. The fraction of sp³-hybridized carbons (Fsp3) is 0.294. The minimum atomic E-state index is -0.326. The van der Waals surface area contributed by atoms with Gasteiger partial charge in [-0.1, -0.05) is 36.4 Å². The molecule has 3 heteroatoms. The summed E-state index contributed by atoms with van der Waals surface area (Å²) in [7, 11) is 1.48. The van der Waals surface area contributed by atoms with Gasteiger partial charge in [0.1, 0.15) is 0 Å². The molecule has 2 rings (SSSR count). The molecule has 0 aliphatic carbocycles. The maximum atomic E-state index is 13.4. The molecule has 0 spiro atoms. The molecule has 2 nitrogen and oxygen atoms in total. The van der Waals surface area contributed by atoms with Gasteiger partial charge in [-0.05, 0) is 43.1 Å². The van der Waals surface area contributed by atoms with Gasteiger partial charge < -0.3 is 10.1 Å². The Morgan fingerprint density at radius 3 is 2.60 bits per heavy atom. The van der Waals surface area contributed by atoms with Crippen molar-refractivity contribution in [1.82, 2.24) is 5.32 Å². The largest absolute Gasteiger partial charge is 0.494 e. The van der Waals surface area contributed by atoms with E-state index in [1.54, 1.807) is 12.1 Å². The maximum absolute atomic E-state index is 13.4. The number of rotatable bonds is 6. The van der Waals surface area contributed by atoms with Crippen molar-refractivity contribution in [3.63, 3.8) is 0 Å². The lowest BCUT2D eigenvalue weighted by molar-refractivity contribution is 0.385. The lowest BCUT2D eigenvalue weighted by Crippen LogP contribution is -2.21. The molecular weight excluding hydrogens is 253 g/mol. The standard InChI is InChI=1S/C17H20FNO/c1-13(15-8-9-16(18)17(12-15)20-2)19-11-10-14-6-4-3-5-7-14/h3-9,12-13,19H,10-11H2,1-2H3. The van der Waals surface area contributed by atoms with Crippen LogP contribution in [0.4, 0.5) is 4.39 Å². The van der Waals surface area contributed by atoms with Gasteiger partial charge >= 0.3 is 0 Å². The van der Waals surface area contributed by atoms with Crippen molar-refractivity contribution in [1.29, 1.82) is 0 Å². The van der Waals surface area contributed by atoms with Crippen molar-refractivity contribution < 1.29 is 9.13 Å². The molecule has 106 valence electrons. The van der Waals surface area contributed by atoms with Gasteiger partial charge in [0.15, 0.2) is 11.6 Å². The molecule has 0 aromatic heterocycles. The Labute approximate surface area is 119 Å². The number of hydrogen-bond acceptors (Lipinski definition) is 2. The van der Waals surface area contributed by atoms with Crippen LogP contribution in [-0.2, 0) is 6.42 Å². The Balaban J connectivity index is 1.90. The van der Waals surface area contributed by atoms with E-state index in [2.05, 4.69) is 24.4 Å². The van der Waals surface area contributed by atoms with Gasteiger partial charge in [0, 0.05) is 6.04 Å². The minimum Gasteiger partial charge on any atom is -0.494 e. The maximum Gasteiger partial charge on any atom is 0.165 e. The highest BCUT2D eigenvalue weighted by Gasteiger charge is 2.09. The van der Waals surface area contributed by atoms with E-state index in [1.165, 1.54) is 18.7 Å².